The Hall–Kier alpha value is -0.220. The van der Waals surface area contributed by atoms with Gasteiger partial charge in [0, 0.05) is 19.6 Å². The van der Waals surface area contributed by atoms with Gasteiger partial charge in [-0.3, -0.25) is 0 Å². The van der Waals surface area contributed by atoms with E-state index in [1.165, 1.54) is 0 Å². The van der Waals surface area contributed by atoms with Crippen LogP contribution in [0.2, 0.25) is 0 Å². The van der Waals surface area contributed by atoms with Gasteiger partial charge < -0.3 is 9.64 Å². The van der Waals surface area contributed by atoms with Crippen molar-refractivity contribution in [3.63, 3.8) is 0 Å². The summed E-state index contributed by atoms with van der Waals surface area (Å²) in [5.74, 6) is -2.41. The summed E-state index contributed by atoms with van der Waals surface area (Å²) in [4.78, 5) is 1.64. The average Bonchev–Trinajstić information content (AvgIpc) is 2.29. The summed E-state index contributed by atoms with van der Waals surface area (Å²) in [5.41, 5.74) is 0. The molecule has 0 bridgehead atoms. The molecule has 0 aromatic rings. The minimum atomic E-state index is -2.41. The Labute approximate surface area is 85.2 Å². The second-order valence-corrected chi connectivity index (χ2v) is 3.85. The highest BCUT2D eigenvalue weighted by Crippen LogP contribution is 2.24. The fourth-order valence-electron chi connectivity index (χ4n) is 1.24. The van der Waals surface area contributed by atoms with Gasteiger partial charge in [-0.05, 0) is 27.8 Å². The van der Waals surface area contributed by atoms with Crippen LogP contribution >= 0.6 is 0 Å². The number of rotatable bonds is 2. The lowest BCUT2D eigenvalue weighted by molar-refractivity contribution is 0.0146. The van der Waals surface area contributed by atoms with Gasteiger partial charge >= 0.3 is 0 Å². The third-order valence-electron chi connectivity index (χ3n) is 1.86. The molecule has 86 valence electrons. The van der Waals surface area contributed by atoms with Crippen LogP contribution < -0.4 is 0 Å². The van der Waals surface area contributed by atoms with E-state index in [2.05, 4.69) is 0 Å². The van der Waals surface area contributed by atoms with Gasteiger partial charge in [0.25, 0.3) is 5.92 Å². The third kappa shape index (κ3) is 7.21. The fraction of sp³-hybridized carbons (Fsp3) is 1.00. The van der Waals surface area contributed by atoms with Crippen LogP contribution in [0.4, 0.5) is 8.78 Å². The zero-order valence-corrected chi connectivity index (χ0v) is 9.52. The fourth-order valence-corrected chi connectivity index (χ4v) is 1.24. The molecule has 0 aromatic heterocycles. The molecule has 0 spiro atoms. The number of halogens is 2. The van der Waals surface area contributed by atoms with E-state index in [1.807, 2.05) is 20.8 Å². The van der Waals surface area contributed by atoms with Gasteiger partial charge in [-0.1, -0.05) is 0 Å². The van der Waals surface area contributed by atoms with E-state index in [-0.39, 0.29) is 13.0 Å². The quantitative estimate of drug-likeness (QED) is 0.692. The lowest BCUT2D eigenvalue weighted by Crippen LogP contribution is -2.21. The standard InChI is InChI=1S/C5H9F2N.C5H12O/c1-8-3-2-5(6,7)4-8;1-4-6-5(2)3/h2-4H2,1H3;5H,4H2,1-3H3. The Morgan fingerprint density at radius 1 is 1.43 bits per heavy atom. The molecule has 0 aromatic carbocycles. The molecule has 0 saturated carbocycles. The molecule has 4 heteroatoms. The van der Waals surface area contributed by atoms with Crippen molar-refractivity contribution in [2.24, 2.45) is 0 Å². The van der Waals surface area contributed by atoms with E-state index < -0.39 is 5.92 Å². The molecule has 1 aliphatic heterocycles. The first-order valence-electron chi connectivity index (χ1n) is 5.05. The monoisotopic (exact) mass is 209 g/mol. The van der Waals surface area contributed by atoms with Gasteiger partial charge in [0.05, 0.1) is 12.6 Å². The van der Waals surface area contributed by atoms with E-state index >= 15 is 0 Å². The van der Waals surface area contributed by atoms with E-state index in [9.17, 15) is 8.78 Å². The summed E-state index contributed by atoms with van der Waals surface area (Å²) in [6, 6.07) is 0. The zero-order chi connectivity index (χ0) is 11.2. The van der Waals surface area contributed by atoms with E-state index in [1.54, 1.807) is 11.9 Å². The van der Waals surface area contributed by atoms with Gasteiger partial charge in [-0.25, -0.2) is 8.78 Å². The number of alkyl halides is 2. The average molecular weight is 209 g/mol. The molecule has 1 rings (SSSR count). The van der Waals surface area contributed by atoms with Crippen molar-refractivity contribution in [1.82, 2.24) is 4.90 Å². The smallest absolute Gasteiger partial charge is 0.261 e. The summed E-state index contributed by atoms with van der Waals surface area (Å²) in [6.45, 7) is 7.37. The van der Waals surface area contributed by atoms with Gasteiger partial charge in [-0.15, -0.1) is 0 Å². The zero-order valence-electron chi connectivity index (χ0n) is 9.52. The summed E-state index contributed by atoms with van der Waals surface area (Å²) < 4.78 is 29.3. The molecule has 1 heterocycles. The van der Waals surface area contributed by atoms with Crippen LogP contribution in [-0.2, 0) is 4.74 Å². The van der Waals surface area contributed by atoms with Crippen molar-refractivity contribution in [3.8, 4) is 0 Å². The number of hydrogen-bond acceptors (Lipinski definition) is 2. The van der Waals surface area contributed by atoms with Crippen molar-refractivity contribution in [2.45, 2.75) is 39.2 Å². The topological polar surface area (TPSA) is 12.5 Å². The van der Waals surface area contributed by atoms with Crippen molar-refractivity contribution >= 4 is 0 Å². The largest absolute Gasteiger partial charge is 0.379 e. The minimum absolute atomic E-state index is 0.0312. The summed E-state index contributed by atoms with van der Waals surface area (Å²) in [5, 5.41) is 0. The molecule has 1 saturated heterocycles. The Kier molecular flexibility index (Phi) is 6.20. The lowest BCUT2D eigenvalue weighted by atomic mass is 10.3. The van der Waals surface area contributed by atoms with Crippen molar-refractivity contribution in [1.29, 1.82) is 0 Å². The Bertz CT molecular complexity index is 151. The van der Waals surface area contributed by atoms with Crippen molar-refractivity contribution in [2.75, 3.05) is 26.7 Å². The highest BCUT2D eigenvalue weighted by Gasteiger charge is 2.35. The van der Waals surface area contributed by atoms with E-state index in [0.717, 1.165) is 6.61 Å². The van der Waals surface area contributed by atoms with Crippen LogP contribution in [0.1, 0.15) is 27.2 Å². The van der Waals surface area contributed by atoms with Gasteiger partial charge in [-0.2, -0.15) is 0 Å². The lowest BCUT2D eigenvalue weighted by Gasteiger charge is -2.06. The molecule has 0 amide bonds. The van der Waals surface area contributed by atoms with Crippen molar-refractivity contribution in [3.05, 3.63) is 0 Å². The molecular formula is C10H21F2NO. The summed E-state index contributed by atoms with van der Waals surface area (Å²) in [7, 11) is 1.71. The molecule has 0 radical (unpaired) electrons. The van der Waals surface area contributed by atoms with Gasteiger partial charge in [0.1, 0.15) is 0 Å². The van der Waals surface area contributed by atoms with Gasteiger partial charge in [0.2, 0.25) is 0 Å². The molecule has 0 atom stereocenters. The molecule has 1 aliphatic rings. The molecular weight excluding hydrogens is 188 g/mol. The second kappa shape index (κ2) is 6.30. The summed E-state index contributed by atoms with van der Waals surface area (Å²) >= 11 is 0. The summed E-state index contributed by atoms with van der Waals surface area (Å²) in [6.07, 6.45) is 0.429. The second-order valence-electron chi connectivity index (χ2n) is 3.85. The molecule has 2 nitrogen and oxygen atoms in total. The van der Waals surface area contributed by atoms with Gasteiger partial charge in [0.15, 0.2) is 0 Å². The van der Waals surface area contributed by atoms with Crippen LogP contribution in [0.25, 0.3) is 0 Å². The van der Waals surface area contributed by atoms with E-state index in [4.69, 9.17) is 4.74 Å². The normalized spacial score (nSPS) is 20.8. The maximum absolute atomic E-state index is 12.2. The van der Waals surface area contributed by atoms with E-state index in [0.29, 0.717) is 12.6 Å². The molecule has 0 unspecified atom stereocenters. The Morgan fingerprint density at radius 2 is 2.00 bits per heavy atom. The first-order chi connectivity index (χ1) is 6.37. The highest BCUT2D eigenvalue weighted by atomic mass is 19.3. The SMILES string of the molecule is CCOC(C)C.CN1CCC(F)(F)C1. The van der Waals surface area contributed by atoms with Crippen LogP contribution in [0, 0.1) is 0 Å². The molecule has 0 N–H and O–H groups in total. The van der Waals surface area contributed by atoms with Crippen molar-refractivity contribution < 1.29 is 13.5 Å². The van der Waals surface area contributed by atoms with Crippen LogP contribution in [0.15, 0.2) is 0 Å². The first kappa shape index (κ1) is 13.8. The number of ether oxygens (including phenoxy) is 1. The highest BCUT2D eigenvalue weighted by molar-refractivity contribution is 4.78. The molecule has 1 fully saturated rings. The van der Waals surface area contributed by atoms with Crippen LogP contribution in [0.5, 0.6) is 0 Å². The Morgan fingerprint density at radius 3 is 2.07 bits per heavy atom. The molecule has 14 heavy (non-hydrogen) atoms. The first-order valence-corrected chi connectivity index (χ1v) is 5.05. The Balaban J connectivity index is 0.000000255. The molecule has 0 aliphatic carbocycles. The maximum Gasteiger partial charge on any atom is 0.261 e. The predicted molar refractivity (Wildman–Crippen MR) is 53.8 cm³/mol. The third-order valence-corrected chi connectivity index (χ3v) is 1.86. The minimum Gasteiger partial charge on any atom is -0.379 e. The number of likely N-dealkylation sites (tertiary alicyclic amines) is 1. The predicted octanol–water partition coefficient (Wildman–Crippen LogP) is 2.39. The number of nitrogens with zero attached hydrogens (tertiary/aromatic N) is 1. The van der Waals surface area contributed by atoms with Crippen LogP contribution in [0.3, 0.4) is 0 Å². The number of hydrogen-bond donors (Lipinski definition) is 0. The maximum atomic E-state index is 12.2. The van der Waals surface area contributed by atoms with Crippen LogP contribution in [-0.4, -0.2) is 43.7 Å².